The van der Waals surface area contributed by atoms with Gasteiger partial charge < -0.3 is 14.6 Å². The Morgan fingerprint density at radius 2 is 1.82 bits per heavy atom. The molecule has 0 saturated heterocycles. The summed E-state index contributed by atoms with van der Waals surface area (Å²) in [5.74, 6) is 0.610. The third kappa shape index (κ3) is 5.72. The van der Waals surface area contributed by atoms with E-state index in [-0.39, 0.29) is 29.0 Å². The SMILES string of the molecule is O=C(COc1ccccc1-c1nc(-c2nc(-c3cccc(Br)c3)n[nH]2)no1)Nc1cccc(C(F)(F)F)c1. The van der Waals surface area contributed by atoms with E-state index in [9.17, 15) is 18.0 Å². The Balaban J connectivity index is 1.28. The molecule has 1 amide bonds. The minimum absolute atomic E-state index is 0.00228. The van der Waals surface area contributed by atoms with E-state index >= 15 is 0 Å². The van der Waals surface area contributed by atoms with Crippen molar-refractivity contribution >= 4 is 27.5 Å². The van der Waals surface area contributed by atoms with E-state index < -0.39 is 24.3 Å². The molecule has 5 aromatic rings. The Morgan fingerprint density at radius 3 is 2.63 bits per heavy atom. The van der Waals surface area contributed by atoms with Crippen LogP contribution in [0.4, 0.5) is 18.9 Å². The standard InChI is InChI=1S/C25H16BrF3N6O3/c26-16-7-3-5-14(11-16)21-31-22(34-33-21)23-32-24(38-35-23)18-9-1-2-10-19(18)37-13-20(36)30-17-8-4-6-15(12-17)25(27,28)29/h1-12H,13H2,(H,30,36)(H,31,33,34). The summed E-state index contributed by atoms with van der Waals surface area (Å²) in [5.41, 5.74) is 0.319. The van der Waals surface area contributed by atoms with Gasteiger partial charge >= 0.3 is 6.18 Å². The first kappa shape index (κ1) is 25.1. The van der Waals surface area contributed by atoms with Crippen molar-refractivity contribution in [1.29, 1.82) is 0 Å². The molecule has 9 nitrogen and oxygen atoms in total. The maximum Gasteiger partial charge on any atom is 0.416 e. The highest BCUT2D eigenvalue weighted by Crippen LogP contribution is 2.32. The maximum atomic E-state index is 12.9. The van der Waals surface area contributed by atoms with Crippen LogP contribution in [-0.2, 0) is 11.0 Å². The number of nitrogens with zero attached hydrogens (tertiary/aromatic N) is 4. The fourth-order valence-electron chi connectivity index (χ4n) is 3.43. The largest absolute Gasteiger partial charge is 0.483 e. The highest BCUT2D eigenvalue weighted by molar-refractivity contribution is 9.10. The second kappa shape index (κ2) is 10.5. The van der Waals surface area contributed by atoms with Crippen LogP contribution in [0, 0.1) is 0 Å². The van der Waals surface area contributed by atoms with Crippen LogP contribution in [0.25, 0.3) is 34.5 Å². The molecule has 3 aromatic carbocycles. The van der Waals surface area contributed by atoms with Crippen LogP contribution in [0.2, 0.25) is 0 Å². The molecule has 192 valence electrons. The minimum Gasteiger partial charge on any atom is -0.483 e. The summed E-state index contributed by atoms with van der Waals surface area (Å²) in [6.45, 7) is -0.466. The van der Waals surface area contributed by atoms with Gasteiger partial charge in [-0.3, -0.25) is 9.89 Å². The quantitative estimate of drug-likeness (QED) is 0.241. The third-order valence-corrected chi connectivity index (χ3v) is 5.65. The lowest BCUT2D eigenvalue weighted by Crippen LogP contribution is -2.20. The van der Waals surface area contributed by atoms with Crippen molar-refractivity contribution in [1.82, 2.24) is 25.3 Å². The van der Waals surface area contributed by atoms with E-state index in [0.717, 1.165) is 22.2 Å². The number of rotatable bonds is 7. The minimum atomic E-state index is -4.52. The molecule has 0 bridgehead atoms. The smallest absolute Gasteiger partial charge is 0.416 e. The highest BCUT2D eigenvalue weighted by atomic mass is 79.9. The van der Waals surface area contributed by atoms with Crippen molar-refractivity contribution < 1.29 is 27.2 Å². The monoisotopic (exact) mass is 584 g/mol. The summed E-state index contributed by atoms with van der Waals surface area (Å²) >= 11 is 3.41. The predicted octanol–water partition coefficient (Wildman–Crippen LogP) is 5.99. The van der Waals surface area contributed by atoms with Gasteiger partial charge in [0.05, 0.1) is 11.1 Å². The van der Waals surface area contributed by atoms with E-state index in [2.05, 4.69) is 46.6 Å². The van der Waals surface area contributed by atoms with Gasteiger partial charge in [-0.05, 0) is 42.5 Å². The number of halogens is 4. The Hall–Kier alpha value is -4.52. The van der Waals surface area contributed by atoms with Gasteiger partial charge in [0, 0.05) is 15.7 Å². The average molecular weight is 585 g/mol. The Morgan fingerprint density at radius 1 is 1.00 bits per heavy atom. The number of carbonyl (C=O) groups is 1. The van der Waals surface area contributed by atoms with Crippen molar-refractivity contribution in [2.75, 3.05) is 11.9 Å². The number of aromatic nitrogens is 5. The third-order valence-electron chi connectivity index (χ3n) is 5.16. The van der Waals surface area contributed by atoms with Gasteiger partial charge in [0.15, 0.2) is 18.3 Å². The summed E-state index contributed by atoms with van der Waals surface area (Å²) in [7, 11) is 0. The Bertz CT molecular complexity index is 1600. The molecule has 2 aromatic heterocycles. The number of ether oxygens (including phenoxy) is 1. The first-order valence-electron chi connectivity index (χ1n) is 11.0. The number of aromatic amines is 1. The molecule has 0 aliphatic carbocycles. The van der Waals surface area contributed by atoms with Crippen LogP contribution in [0.3, 0.4) is 0 Å². The first-order chi connectivity index (χ1) is 18.3. The van der Waals surface area contributed by atoms with Gasteiger partial charge in [-0.1, -0.05) is 51.4 Å². The molecule has 0 atom stereocenters. The average Bonchev–Trinajstić information content (AvgIpc) is 3.58. The summed E-state index contributed by atoms with van der Waals surface area (Å²) < 4.78 is 50.6. The summed E-state index contributed by atoms with van der Waals surface area (Å²) in [6, 6.07) is 18.4. The van der Waals surface area contributed by atoms with Crippen molar-refractivity contribution in [2.45, 2.75) is 6.18 Å². The lowest BCUT2D eigenvalue weighted by Gasteiger charge is -2.11. The molecule has 2 N–H and O–H groups in total. The van der Waals surface area contributed by atoms with Crippen LogP contribution >= 0.6 is 15.9 Å². The lowest BCUT2D eigenvalue weighted by molar-refractivity contribution is -0.137. The topological polar surface area (TPSA) is 119 Å². The van der Waals surface area contributed by atoms with Crippen LogP contribution < -0.4 is 10.1 Å². The molecule has 2 heterocycles. The number of nitrogens with one attached hydrogen (secondary N) is 2. The number of para-hydroxylation sites is 1. The molecule has 38 heavy (non-hydrogen) atoms. The normalized spacial score (nSPS) is 11.4. The van der Waals surface area contributed by atoms with E-state index in [1.54, 1.807) is 24.3 Å². The molecule has 0 aliphatic heterocycles. The fourth-order valence-corrected chi connectivity index (χ4v) is 3.83. The van der Waals surface area contributed by atoms with E-state index in [4.69, 9.17) is 9.26 Å². The molecule has 0 fully saturated rings. The molecule has 0 radical (unpaired) electrons. The van der Waals surface area contributed by atoms with Crippen molar-refractivity contribution in [2.24, 2.45) is 0 Å². The van der Waals surface area contributed by atoms with Crippen LogP contribution in [0.15, 0.2) is 81.8 Å². The number of alkyl halides is 3. The number of benzene rings is 3. The first-order valence-corrected chi connectivity index (χ1v) is 11.8. The maximum absolute atomic E-state index is 12.9. The summed E-state index contributed by atoms with van der Waals surface area (Å²) in [5, 5.41) is 13.3. The summed E-state index contributed by atoms with van der Waals surface area (Å²) in [6.07, 6.45) is -4.52. The zero-order valence-corrected chi connectivity index (χ0v) is 20.7. The van der Waals surface area contributed by atoms with Crippen molar-refractivity contribution in [3.05, 3.63) is 82.8 Å². The Kier molecular flexibility index (Phi) is 6.92. The molecule has 0 saturated carbocycles. The molecule has 0 spiro atoms. The molecule has 13 heteroatoms. The van der Waals surface area contributed by atoms with Gasteiger partial charge in [-0.25, -0.2) is 4.98 Å². The second-order valence-corrected chi connectivity index (χ2v) is 8.77. The van der Waals surface area contributed by atoms with Gasteiger partial charge in [0.1, 0.15) is 5.75 Å². The van der Waals surface area contributed by atoms with Crippen molar-refractivity contribution in [3.63, 3.8) is 0 Å². The molecular formula is C25H16BrF3N6O3. The van der Waals surface area contributed by atoms with E-state index in [0.29, 0.717) is 11.4 Å². The lowest BCUT2D eigenvalue weighted by atomic mass is 10.2. The fraction of sp³-hybridized carbons (Fsp3) is 0.0800. The number of amides is 1. The van der Waals surface area contributed by atoms with Crippen LogP contribution in [-0.4, -0.2) is 37.8 Å². The van der Waals surface area contributed by atoms with Gasteiger partial charge in [-0.15, -0.1) is 0 Å². The molecule has 0 aliphatic rings. The predicted molar refractivity (Wildman–Crippen MR) is 134 cm³/mol. The number of carbonyl (C=O) groups excluding carboxylic acids is 1. The van der Waals surface area contributed by atoms with E-state index in [1.807, 2.05) is 24.3 Å². The molecule has 0 unspecified atom stereocenters. The molecular weight excluding hydrogens is 569 g/mol. The highest BCUT2D eigenvalue weighted by Gasteiger charge is 2.30. The number of anilines is 1. The van der Waals surface area contributed by atoms with Gasteiger partial charge in [-0.2, -0.15) is 23.3 Å². The second-order valence-electron chi connectivity index (χ2n) is 7.85. The van der Waals surface area contributed by atoms with Crippen LogP contribution in [0.1, 0.15) is 5.56 Å². The van der Waals surface area contributed by atoms with Crippen molar-refractivity contribution in [3.8, 4) is 40.2 Å². The number of hydrogen-bond acceptors (Lipinski definition) is 7. The Labute approximate surface area is 221 Å². The van der Waals surface area contributed by atoms with Gasteiger partial charge in [0.25, 0.3) is 11.8 Å². The van der Waals surface area contributed by atoms with Crippen LogP contribution in [0.5, 0.6) is 5.75 Å². The summed E-state index contributed by atoms with van der Waals surface area (Å²) in [4.78, 5) is 21.1. The number of H-pyrrole nitrogens is 1. The molecule has 5 rings (SSSR count). The zero-order valence-electron chi connectivity index (χ0n) is 19.2. The zero-order chi connectivity index (χ0) is 26.7. The van der Waals surface area contributed by atoms with E-state index in [1.165, 1.54) is 12.1 Å². The number of hydrogen-bond donors (Lipinski definition) is 2. The van der Waals surface area contributed by atoms with Gasteiger partial charge in [0.2, 0.25) is 5.82 Å².